The second-order valence-corrected chi connectivity index (χ2v) is 8.07. The van der Waals surface area contributed by atoms with Crippen LogP contribution in [0.2, 0.25) is 0 Å². The lowest BCUT2D eigenvalue weighted by molar-refractivity contribution is -0.137. The normalized spacial score (nSPS) is 19.2. The van der Waals surface area contributed by atoms with Crippen LogP contribution < -0.4 is 10.2 Å². The van der Waals surface area contributed by atoms with E-state index in [1.807, 2.05) is 35.2 Å². The number of nitrogens with zero attached hydrogens (tertiary/aromatic N) is 2. The fourth-order valence-corrected chi connectivity index (χ4v) is 4.19. The highest BCUT2D eigenvalue weighted by atomic mass is 19.4. The van der Waals surface area contributed by atoms with Crippen molar-refractivity contribution in [3.8, 4) is 0 Å². The van der Waals surface area contributed by atoms with Crippen LogP contribution in [-0.4, -0.2) is 36.3 Å². The Bertz CT molecular complexity index is 956. The number of halogens is 3. The SMILES string of the molecule is O=C(Nc1cc(C(F)(F)F)ccc1N1CCCC1)[C@@H]1CC(=O)N(Cc2ccccc2)C1. The number of carbonyl (C=O) groups is 2. The summed E-state index contributed by atoms with van der Waals surface area (Å²) in [5.74, 6) is -1.16. The summed E-state index contributed by atoms with van der Waals surface area (Å²) in [4.78, 5) is 28.9. The smallest absolute Gasteiger partial charge is 0.370 e. The highest BCUT2D eigenvalue weighted by Crippen LogP contribution is 2.37. The van der Waals surface area contributed by atoms with Crippen molar-refractivity contribution in [1.29, 1.82) is 0 Å². The molecule has 2 fully saturated rings. The molecule has 2 aliphatic rings. The number of hydrogen-bond donors (Lipinski definition) is 1. The van der Waals surface area contributed by atoms with Gasteiger partial charge in [-0.25, -0.2) is 0 Å². The molecule has 2 aromatic carbocycles. The van der Waals surface area contributed by atoms with Crippen LogP contribution in [0.1, 0.15) is 30.4 Å². The number of benzene rings is 2. The lowest BCUT2D eigenvalue weighted by Gasteiger charge is -2.23. The van der Waals surface area contributed by atoms with Gasteiger partial charge in [0.2, 0.25) is 11.8 Å². The van der Waals surface area contributed by atoms with E-state index in [4.69, 9.17) is 0 Å². The molecular formula is C23H24F3N3O2. The number of nitrogens with one attached hydrogen (secondary N) is 1. The topological polar surface area (TPSA) is 52.7 Å². The summed E-state index contributed by atoms with van der Waals surface area (Å²) < 4.78 is 39.7. The summed E-state index contributed by atoms with van der Waals surface area (Å²) in [5, 5.41) is 2.69. The van der Waals surface area contributed by atoms with Gasteiger partial charge in [-0.3, -0.25) is 9.59 Å². The molecule has 0 spiro atoms. The van der Waals surface area contributed by atoms with Gasteiger partial charge in [-0.1, -0.05) is 30.3 Å². The molecule has 0 unspecified atom stereocenters. The number of hydrogen-bond acceptors (Lipinski definition) is 3. The van der Waals surface area contributed by atoms with Gasteiger partial charge >= 0.3 is 6.18 Å². The van der Waals surface area contributed by atoms with E-state index in [0.29, 0.717) is 12.2 Å². The second kappa shape index (κ2) is 8.61. The third-order valence-electron chi connectivity index (χ3n) is 5.83. The molecule has 164 valence electrons. The van der Waals surface area contributed by atoms with Crippen molar-refractivity contribution in [3.63, 3.8) is 0 Å². The van der Waals surface area contributed by atoms with E-state index >= 15 is 0 Å². The Morgan fingerprint density at radius 2 is 1.77 bits per heavy atom. The van der Waals surface area contributed by atoms with E-state index in [1.165, 1.54) is 6.07 Å². The van der Waals surface area contributed by atoms with E-state index in [-0.39, 0.29) is 24.6 Å². The molecule has 0 radical (unpaired) electrons. The van der Waals surface area contributed by atoms with Gasteiger partial charge in [0.1, 0.15) is 0 Å². The predicted octanol–water partition coefficient (Wildman–Crippen LogP) is 4.29. The summed E-state index contributed by atoms with van der Waals surface area (Å²) in [6.07, 6.45) is -2.53. The number of anilines is 2. The number of likely N-dealkylation sites (tertiary alicyclic amines) is 1. The van der Waals surface area contributed by atoms with E-state index in [1.54, 1.807) is 4.90 Å². The highest BCUT2D eigenvalue weighted by molar-refractivity contribution is 5.99. The molecule has 2 aliphatic heterocycles. The van der Waals surface area contributed by atoms with Gasteiger partial charge in [-0.2, -0.15) is 13.2 Å². The van der Waals surface area contributed by atoms with Gasteiger partial charge in [0.15, 0.2) is 0 Å². The number of alkyl halides is 3. The zero-order valence-corrected chi connectivity index (χ0v) is 17.0. The van der Waals surface area contributed by atoms with Crippen molar-refractivity contribution in [1.82, 2.24) is 4.90 Å². The third kappa shape index (κ3) is 4.84. The minimum atomic E-state index is -4.50. The van der Waals surface area contributed by atoms with Crippen LogP contribution >= 0.6 is 0 Å². The predicted molar refractivity (Wildman–Crippen MR) is 111 cm³/mol. The first-order valence-corrected chi connectivity index (χ1v) is 10.4. The quantitative estimate of drug-likeness (QED) is 0.768. The van der Waals surface area contributed by atoms with Gasteiger partial charge in [0.05, 0.1) is 22.9 Å². The van der Waals surface area contributed by atoms with Crippen molar-refractivity contribution in [2.24, 2.45) is 5.92 Å². The van der Waals surface area contributed by atoms with Crippen molar-refractivity contribution in [3.05, 3.63) is 59.7 Å². The van der Waals surface area contributed by atoms with Crippen LogP contribution in [0.25, 0.3) is 0 Å². The Balaban J connectivity index is 1.50. The fraction of sp³-hybridized carbons (Fsp3) is 0.391. The van der Waals surface area contributed by atoms with E-state index in [2.05, 4.69) is 5.32 Å². The van der Waals surface area contributed by atoms with E-state index in [0.717, 1.165) is 43.6 Å². The summed E-state index contributed by atoms with van der Waals surface area (Å²) >= 11 is 0. The van der Waals surface area contributed by atoms with E-state index in [9.17, 15) is 22.8 Å². The largest absolute Gasteiger partial charge is 0.416 e. The second-order valence-electron chi connectivity index (χ2n) is 8.07. The first kappa shape index (κ1) is 21.2. The van der Waals surface area contributed by atoms with Crippen LogP contribution in [0, 0.1) is 5.92 Å². The number of carbonyl (C=O) groups excluding carboxylic acids is 2. The maximum Gasteiger partial charge on any atom is 0.416 e. The van der Waals surface area contributed by atoms with E-state index < -0.39 is 23.6 Å². The Labute approximate surface area is 178 Å². The molecule has 1 atom stereocenters. The van der Waals surface area contributed by atoms with Gasteiger partial charge in [0, 0.05) is 32.6 Å². The van der Waals surface area contributed by atoms with Gasteiger partial charge < -0.3 is 15.1 Å². The Morgan fingerprint density at radius 3 is 2.45 bits per heavy atom. The van der Waals surface area contributed by atoms with Gasteiger partial charge in [-0.05, 0) is 36.6 Å². The van der Waals surface area contributed by atoms with Gasteiger partial charge in [0.25, 0.3) is 0 Å². The van der Waals surface area contributed by atoms with Crippen molar-refractivity contribution in [2.45, 2.75) is 32.0 Å². The van der Waals surface area contributed by atoms with Crippen LogP contribution in [0.15, 0.2) is 48.5 Å². The molecule has 2 amide bonds. The van der Waals surface area contributed by atoms with Gasteiger partial charge in [-0.15, -0.1) is 0 Å². The fourth-order valence-electron chi connectivity index (χ4n) is 4.19. The van der Waals surface area contributed by atoms with Crippen LogP contribution in [0.4, 0.5) is 24.5 Å². The molecular weight excluding hydrogens is 407 g/mol. The zero-order chi connectivity index (χ0) is 22.0. The number of amides is 2. The molecule has 2 aromatic rings. The molecule has 2 saturated heterocycles. The minimum Gasteiger partial charge on any atom is -0.370 e. The first-order chi connectivity index (χ1) is 14.8. The summed E-state index contributed by atoms with van der Waals surface area (Å²) in [6.45, 7) is 2.13. The molecule has 2 heterocycles. The van der Waals surface area contributed by atoms with Crippen molar-refractivity contribution < 1.29 is 22.8 Å². The summed E-state index contributed by atoms with van der Waals surface area (Å²) in [5.41, 5.74) is 0.894. The lowest BCUT2D eigenvalue weighted by Crippen LogP contribution is -2.29. The molecule has 8 heteroatoms. The first-order valence-electron chi connectivity index (χ1n) is 10.4. The minimum absolute atomic E-state index is 0.0523. The molecule has 0 aliphatic carbocycles. The molecule has 0 saturated carbocycles. The maximum atomic E-state index is 13.2. The van der Waals surface area contributed by atoms with Crippen molar-refractivity contribution >= 4 is 23.2 Å². The van der Waals surface area contributed by atoms with Crippen LogP contribution in [0.3, 0.4) is 0 Å². The monoisotopic (exact) mass is 431 g/mol. The molecule has 1 N–H and O–H groups in total. The third-order valence-corrected chi connectivity index (χ3v) is 5.83. The maximum absolute atomic E-state index is 13.2. The molecule has 31 heavy (non-hydrogen) atoms. The number of rotatable bonds is 5. The average molecular weight is 431 g/mol. The highest BCUT2D eigenvalue weighted by Gasteiger charge is 2.36. The Hall–Kier alpha value is -3.03. The standard InChI is InChI=1S/C23H24F3N3O2/c24-23(25,26)18-8-9-20(28-10-4-5-11-28)19(13-18)27-22(31)17-12-21(30)29(15-17)14-16-6-2-1-3-7-16/h1-3,6-9,13,17H,4-5,10-12,14-15H2,(H,27,31)/t17-/m1/s1. The van der Waals surface area contributed by atoms with Crippen LogP contribution in [-0.2, 0) is 22.3 Å². The Morgan fingerprint density at radius 1 is 1.06 bits per heavy atom. The molecule has 5 nitrogen and oxygen atoms in total. The zero-order valence-electron chi connectivity index (χ0n) is 17.0. The molecule has 4 rings (SSSR count). The Kier molecular flexibility index (Phi) is 5.89. The summed E-state index contributed by atoms with van der Waals surface area (Å²) in [7, 11) is 0. The molecule has 0 aromatic heterocycles. The van der Waals surface area contributed by atoms with Crippen LogP contribution in [0.5, 0.6) is 0 Å². The van der Waals surface area contributed by atoms with Crippen molar-refractivity contribution in [2.75, 3.05) is 29.9 Å². The summed E-state index contributed by atoms with van der Waals surface area (Å²) in [6, 6.07) is 12.9. The molecule has 0 bridgehead atoms. The average Bonchev–Trinajstić information content (AvgIpc) is 3.39. The lowest BCUT2D eigenvalue weighted by atomic mass is 10.1.